The summed E-state index contributed by atoms with van der Waals surface area (Å²) >= 11 is 0. The molecule has 3 aromatic carbocycles. The van der Waals surface area contributed by atoms with E-state index in [0.717, 1.165) is 16.9 Å². The van der Waals surface area contributed by atoms with E-state index in [1.165, 1.54) is 5.01 Å². The fourth-order valence-electron chi connectivity index (χ4n) is 3.59. The molecule has 1 aliphatic rings. The van der Waals surface area contributed by atoms with Crippen molar-refractivity contribution < 1.29 is 14.3 Å². The maximum absolute atomic E-state index is 13.3. The number of fused-ring (bicyclic) bond motifs is 1. The molecule has 4 rings (SSSR count). The number of carbonyl (C=O) groups is 2. The summed E-state index contributed by atoms with van der Waals surface area (Å²) in [6.07, 6.45) is 1.08. The number of hydrogen-bond donors (Lipinski definition) is 2. The maximum atomic E-state index is 13.3. The van der Waals surface area contributed by atoms with Gasteiger partial charge < -0.3 is 15.0 Å². The second-order valence-corrected chi connectivity index (χ2v) is 7.82. The van der Waals surface area contributed by atoms with Crippen LogP contribution in [0.5, 0.6) is 5.75 Å². The Kier molecular flexibility index (Phi) is 6.31. The molecule has 0 saturated heterocycles. The largest absolute Gasteiger partial charge is 0.490 e. The van der Waals surface area contributed by atoms with Crippen molar-refractivity contribution in [3.63, 3.8) is 0 Å². The molecule has 2 N–H and O–H groups in total. The smallest absolute Gasteiger partial charge is 0.276 e. The third-order valence-electron chi connectivity index (χ3n) is 5.36. The zero-order valence-electron chi connectivity index (χ0n) is 18.6. The summed E-state index contributed by atoms with van der Waals surface area (Å²) < 4.78 is 5.47. The van der Waals surface area contributed by atoms with Gasteiger partial charge in [0.1, 0.15) is 18.5 Å². The van der Waals surface area contributed by atoms with Crippen molar-refractivity contribution in [2.24, 2.45) is 0 Å². The van der Waals surface area contributed by atoms with Crippen LogP contribution in [0.2, 0.25) is 0 Å². The van der Waals surface area contributed by atoms with Gasteiger partial charge in [-0.2, -0.15) is 0 Å². The number of amides is 2. The summed E-state index contributed by atoms with van der Waals surface area (Å²) in [5.41, 5.74) is 6.30. The molecule has 0 radical (unpaired) electrons. The van der Waals surface area contributed by atoms with Crippen LogP contribution in [0.1, 0.15) is 32.4 Å². The Morgan fingerprint density at radius 3 is 2.45 bits per heavy atom. The number of carbonyl (C=O) groups excluding carboxylic acids is 2. The number of nitrogens with zero attached hydrogens (tertiary/aromatic N) is 2. The minimum absolute atomic E-state index is 0.287. The molecule has 0 saturated carbocycles. The van der Waals surface area contributed by atoms with Gasteiger partial charge in [0.2, 0.25) is 0 Å². The van der Waals surface area contributed by atoms with Crippen molar-refractivity contribution in [2.75, 3.05) is 30.9 Å². The summed E-state index contributed by atoms with van der Waals surface area (Å²) in [4.78, 5) is 28.4. The number of benzene rings is 3. The SMILES string of the molecule is C=CCOc1ccc(C(=O)NN2C(=O)c3ccccc3N[C@@H]2c2ccc(N(C)C)cc2)cc1. The first-order valence-electron chi connectivity index (χ1n) is 10.6. The molecule has 1 aliphatic heterocycles. The molecule has 0 aromatic heterocycles. The fourth-order valence-corrected chi connectivity index (χ4v) is 3.59. The minimum Gasteiger partial charge on any atom is -0.490 e. The normalized spacial score (nSPS) is 14.7. The first kappa shape index (κ1) is 22.0. The van der Waals surface area contributed by atoms with E-state index in [0.29, 0.717) is 23.5 Å². The number of hydrogen-bond acceptors (Lipinski definition) is 5. The van der Waals surface area contributed by atoms with Crippen molar-refractivity contribution in [3.05, 3.63) is 102 Å². The van der Waals surface area contributed by atoms with Gasteiger partial charge in [-0.05, 0) is 54.1 Å². The van der Waals surface area contributed by atoms with E-state index < -0.39 is 12.1 Å². The topological polar surface area (TPSA) is 73.9 Å². The monoisotopic (exact) mass is 442 g/mol. The Balaban J connectivity index is 1.62. The number of anilines is 2. The van der Waals surface area contributed by atoms with E-state index in [1.54, 1.807) is 42.5 Å². The zero-order chi connectivity index (χ0) is 23.4. The molecule has 0 unspecified atom stereocenters. The van der Waals surface area contributed by atoms with Gasteiger partial charge in [-0.3, -0.25) is 15.0 Å². The number of rotatable bonds is 7. The van der Waals surface area contributed by atoms with E-state index >= 15 is 0 Å². The first-order chi connectivity index (χ1) is 16.0. The molecule has 7 nitrogen and oxygen atoms in total. The molecule has 33 heavy (non-hydrogen) atoms. The van der Waals surface area contributed by atoms with Crippen LogP contribution in [0.25, 0.3) is 0 Å². The van der Waals surface area contributed by atoms with Crippen LogP contribution in [0.3, 0.4) is 0 Å². The van der Waals surface area contributed by atoms with Crippen molar-refractivity contribution in [3.8, 4) is 5.75 Å². The quantitative estimate of drug-likeness (QED) is 0.536. The summed E-state index contributed by atoms with van der Waals surface area (Å²) in [5, 5.41) is 4.72. The van der Waals surface area contributed by atoms with E-state index in [4.69, 9.17) is 4.74 Å². The van der Waals surface area contributed by atoms with E-state index in [1.807, 2.05) is 55.4 Å². The van der Waals surface area contributed by atoms with E-state index in [-0.39, 0.29) is 5.91 Å². The van der Waals surface area contributed by atoms with Gasteiger partial charge in [-0.1, -0.05) is 36.9 Å². The van der Waals surface area contributed by atoms with Gasteiger partial charge in [0.25, 0.3) is 11.8 Å². The van der Waals surface area contributed by atoms with Crippen LogP contribution in [0.4, 0.5) is 11.4 Å². The molecule has 0 aliphatic carbocycles. The highest BCUT2D eigenvalue weighted by Gasteiger charge is 2.34. The third-order valence-corrected chi connectivity index (χ3v) is 5.36. The predicted molar refractivity (Wildman–Crippen MR) is 129 cm³/mol. The highest BCUT2D eigenvalue weighted by atomic mass is 16.5. The Bertz CT molecular complexity index is 1160. The molecule has 3 aromatic rings. The molecule has 0 fully saturated rings. The fraction of sp³-hybridized carbons (Fsp3) is 0.154. The lowest BCUT2D eigenvalue weighted by Gasteiger charge is -2.37. The van der Waals surface area contributed by atoms with Gasteiger partial charge in [0.05, 0.1) is 5.56 Å². The summed E-state index contributed by atoms with van der Waals surface area (Å²) in [7, 11) is 3.93. The van der Waals surface area contributed by atoms with Crippen LogP contribution in [-0.2, 0) is 0 Å². The van der Waals surface area contributed by atoms with Gasteiger partial charge in [0.15, 0.2) is 0 Å². The molecular weight excluding hydrogens is 416 g/mol. The van der Waals surface area contributed by atoms with Gasteiger partial charge in [0, 0.05) is 31.0 Å². The molecule has 168 valence electrons. The molecule has 1 atom stereocenters. The molecule has 0 bridgehead atoms. The van der Waals surface area contributed by atoms with E-state index in [9.17, 15) is 9.59 Å². The van der Waals surface area contributed by atoms with Crippen LogP contribution in [-0.4, -0.2) is 37.5 Å². The lowest BCUT2D eigenvalue weighted by Crippen LogP contribution is -2.52. The minimum atomic E-state index is -0.567. The Labute approximate surface area is 193 Å². The van der Waals surface area contributed by atoms with E-state index in [2.05, 4.69) is 17.3 Å². The Hall–Kier alpha value is -4.26. The standard InChI is InChI=1S/C26H26N4O3/c1-4-17-33-21-15-11-19(12-16-21)25(31)28-30-24(18-9-13-20(14-10-18)29(2)3)27-23-8-6-5-7-22(23)26(30)32/h4-16,24,27H,1,17H2,2-3H3,(H,28,31)/t24-/m0/s1. The zero-order valence-corrected chi connectivity index (χ0v) is 18.6. The maximum Gasteiger partial charge on any atom is 0.276 e. The Morgan fingerprint density at radius 2 is 1.79 bits per heavy atom. The number of hydrazine groups is 1. The summed E-state index contributed by atoms with van der Waals surface area (Å²) in [6, 6.07) is 21.8. The molecular formula is C26H26N4O3. The molecule has 7 heteroatoms. The van der Waals surface area contributed by atoms with Crippen LogP contribution in [0, 0.1) is 0 Å². The molecule has 1 heterocycles. The summed E-state index contributed by atoms with van der Waals surface area (Å²) in [5.74, 6) is -0.0463. The van der Waals surface area contributed by atoms with Gasteiger partial charge >= 0.3 is 0 Å². The second kappa shape index (κ2) is 9.48. The molecule has 2 amide bonds. The summed E-state index contributed by atoms with van der Waals surface area (Å²) in [6.45, 7) is 4.00. The highest BCUT2D eigenvalue weighted by molar-refractivity contribution is 6.04. The average molecular weight is 443 g/mol. The average Bonchev–Trinajstić information content (AvgIpc) is 2.84. The number of ether oxygens (including phenoxy) is 1. The van der Waals surface area contributed by atoms with Crippen molar-refractivity contribution in [1.29, 1.82) is 0 Å². The highest BCUT2D eigenvalue weighted by Crippen LogP contribution is 2.32. The van der Waals surface area contributed by atoms with Crippen LogP contribution >= 0.6 is 0 Å². The molecule has 0 spiro atoms. The number of nitrogens with one attached hydrogen (secondary N) is 2. The lowest BCUT2D eigenvalue weighted by atomic mass is 10.0. The van der Waals surface area contributed by atoms with Crippen LogP contribution in [0.15, 0.2) is 85.5 Å². The van der Waals surface area contributed by atoms with Crippen molar-refractivity contribution >= 4 is 23.2 Å². The predicted octanol–water partition coefficient (Wildman–Crippen LogP) is 4.23. The number of para-hydroxylation sites is 1. The Morgan fingerprint density at radius 1 is 1.09 bits per heavy atom. The lowest BCUT2D eigenvalue weighted by molar-refractivity contribution is 0.0491. The third kappa shape index (κ3) is 4.67. The van der Waals surface area contributed by atoms with Gasteiger partial charge in [-0.15, -0.1) is 0 Å². The first-order valence-corrected chi connectivity index (χ1v) is 10.6. The second-order valence-electron chi connectivity index (χ2n) is 7.82. The van der Waals surface area contributed by atoms with Crippen LogP contribution < -0.4 is 20.4 Å². The van der Waals surface area contributed by atoms with Crippen molar-refractivity contribution in [2.45, 2.75) is 6.17 Å². The van der Waals surface area contributed by atoms with Gasteiger partial charge in [-0.25, -0.2) is 5.01 Å². The van der Waals surface area contributed by atoms with Crippen molar-refractivity contribution in [1.82, 2.24) is 10.4 Å².